The van der Waals surface area contributed by atoms with Crippen molar-refractivity contribution < 1.29 is 10.0 Å². The summed E-state index contributed by atoms with van der Waals surface area (Å²) in [7, 11) is 0. The van der Waals surface area contributed by atoms with Gasteiger partial charge in [0.25, 0.3) is 0 Å². The van der Waals surface area contributed by atoms with Crippen LogP contribution in [0.25, 0.3) is 5.57 Å². The molecule has 0 radical (unpaired) electrons. The van der Waals surface area contributed by atoms with Gasteiger partial charge in [0, 0.05) is 6.42 Å². The van der Waals surface area contributed by atoms with Gasteiger partial charge in [-0.05, 0) is 34.2 Å². The van der Waals surface area contributed by atoms with Crippen LogP contribution < -0.4 is 0 Å². The van der Waals surface area contributed by atoms with Gasteiger partial charge in [0.15, 0.2) is 0 Å². The van der Waals surface area contributed by atoms with E-state index in [2.05, 4.69) is 6.58 Å². The first-order chi connectivity index (χ1) is 10.2. The molecule has 3 heteroatoms. The quantitative estimate of drug-likeness (QED) is 0.750. The van der Waals surface area contributed by atoms with Crippen molar-refractivity contribution in [2.45, 2.75) is 18.4 Å². The number of benzene rings is 2. The Balaban J connectivity index is 2.11. The third kappa shape index (κ3) is 1.39. The van der Waals surface area contributed by atoms with Crippen LogP contribution in [0, 0.1) is 0 Å². The average molecular weight is 277 g/mol. The van der Waals surface area contributed by atoms with Crippen LogP contribution in [0.3, 0.4) is 0 Å². The van der Waals surface area contributed by atoms with E-state index in [1.807, 2.05) is 48.5 Å². The lowest BCUT2D eigenvalue weighted by Crippen LogP contribution is -2.44. The van der Waals surface area contributed by atoms with E-state index in [0.29, 0.717) is 12.8 Å². The zero-order chi connectivity index (χ0) is 14.6. The molecule has 4 rings (SSSR count). The van der Waals surface area contributed by atoms with Gasteiger partial charge in [-0.1, -0.05) is 55.1 Å². The van der Waals surface area contributed by atoms with Crippen LogP contribution in [-0.2, 0) is 10.3 Å². The van der Waals surface area contributed by atoms with E-state index in [4.69, 9.17) is 0 Å². The zero-order valence-electron chi connectivity index (χ0n) is 11.5. The predicted molar refractivity (Wildman–Crippen MR) is 79.7 cm³/mol. The van der Waals surface area contributed by atoms with E-state index < -0.39 is 5.54 Å². The van der Waals surface area contributed by atoms with E-state index >= 15 is 0 Å². The molecule has 1 aliphatic heterocycles. The van der Waals surface area contributed by atoms with Crippen molar-refractivity contribution in [1.82, 2.24) is 5.06 Å². The number of hydroxylamine groups is 2. The fourth-order valence-electron chi connectivity index (χ4n) is 3.71. The monoisotopic (exact) mass is 277 g/mol. The second-order valence-electron chi connectivity index (χ2n) is 5.64. The number of fused-ring (bicyclic) bond motifs is 4. The maximum Gasteiger partial charge on any atom is 0.247 e. The maximum atomic E-state index is 12.0. The summed E-state index contributed by atoms with van der Waals surface area (Å²) in [4.78, 5) is 12.0. The maximum absolute atomic E-state index is 12.0. The number of carbonyl (C=O) groups is 1. The summed E-state index contributed by atoms with van der Waals surface area (Å²) < 4.78 is 0. The Labute approximate surface area is 123 Å². The molecular weight excluding hydrogens is 262 g/mol. The molecule has 21 heavy (non-hydrogen) atoms. The van der Waals surface area contributed by atoms with Crippen LogP contribution in [0.5, 0.6) is 0 Å². The molecule has 0 atom stereocenters. The Morgan fingerprint density at radius 2 is 1.52 bits per heavy atom. The molecule has 1 aliphatic carbocycles. The van der Waals surface area contributed by atoms with Gasteiger partial charge in [0.2, 0.25) is 5.91 Å². The van der Waals surface area contributed by atoms with E-state index in [0.717, 1.165) is 32.9 Å². The molecule has 1 amide bonds. The predicted octanol–water partition coefficient (Wildman–Crippen LogP) is 3.32. The molecule has 2 aromatic carbocycles. The molecular formula is C18H15NO2. The first-order valence-corrected chi connectivity index (χ1v) is 7.07. The van der Waals surface area contributed by atoms with Gasteiger partial charge in [-0.3, -0.25) is 10.0 Å². The standard InChI is InChI=1S/C18H15NO2/c1-12-13-6-2-4-8-15(13)18(11-10-17(20)19(18)21)16-9-5-3-7-14(12)16/h2-9,21H,1,10-11H2. The Hall–Kier alpha value is -2.39. The summed E-state index contributed by atoms with van der Waals surface area (Å²) in [6.45, 7) is 4.21. The van der Waals surface area contributed by atoms with Crippen LogP contribution in [0.15, 0.2) is 55.1 Å². The van der Waals surface area contributed by atoms with Crippen molar-refractivity contribution >= 4 is 11.5 Å². The van der Waals surface area contributed by atoms with Crippen molar-refractivity contribution in [3.05, 3.63) is 77.4 Å². The van der Waals surface area contributed by atoms with Gasteiger partial charge in [-0.25, -0.2) is 5.06 Å². The molecule has 3 nitrogen and oxygen atoms in total. The average Bonchev–Trinajstić information content (AvgIpc) is 2.83. The van der Waals surface area contributed by atoms with Gasteiger partial charge >= 0.3 is 0 Å². The van der Waals surface area contributed by atoms with E-state index in [-0.39, 0.29) is 5.91 Å². The van der Waals surface area contributed by atoms with Crippen molar-refractivity contribution in [3.63, 3.8) is 0 Å². The molecule has 1 heterocycles. The zero-order valence-corrected chi connectivity index (χ0v) is 11.5. The molecule has 0 unspecified atom stereocenters. The van der Waals surface area contributed by atoms with Crippen molar-refractivity contribution in [1.29, 1.82) is 0 Å². The van der Waals surface area contributed by atoms with E-state index in [1.165, 1.54) is 0 Å². The van der Waals surface area contributed by atoms with Gasteiger partial charge < -0.3 is 0 Å². The summed E-state index contributed by atoms with van der Waals surface area (Å²) in [5, 5.41) is 11.4. The molecule has 2 aromatic rings. The number of rotatable bonds is 0. The van der Waals surface area contributed by atoms with Crippen LogP contribution >= 0.6 is 0 Å². The lowest BCUT2D eigenvalue weighted by molar-refractivity contribution is -0.176. The Kier molecular flexibility index (Phi) is 2.39. The first kappa shape index (κ1) is 12.4. The highest BCUT2D eigenvalue weighted by Crippen LogP contribution is 2.52. The summed E-state index contributed by atoms with van der Waals surface area (Å²) in [6, 6.07) is 15.8. The third-order valence-electron chi connectivity index (χ3n) is 4.69. The van der Waals surface area contributed by atoms with Gasteiger partial charge in [0.1, 0.15) is 5.54 Å². The first-order valence-electron chi connectivity index (χ1n) is 7.07. The largest absolute Gasteiger partial charge is 0.285 e. The highest BCUT2D eigenvalue weighted by molar-refractivity contribution is 5.89. The Bertz CT molecular complexity index is 729. The highest BCUT2D eigenvalue weighted by atomic mass is 16.5. The fourth-order valence-corrected chi connectivity index (χ4v) is 3.71. The molecule has 0 bridgehead atoms. The lowest BCUT2D eigenvalue weighted by Gasteiger charge is -2.41. The smallest absolute Gasteiger partial charge is 0.247 e. The Morgan fingerprint density at radius 3 is 2.00 bits per heavy atom. The number of hydrogen-bond acceptors (Lipinski definition) is 2. The molecule has 2 aliphatic rings. The second-order valence-corrected chi connectivity index (χ2v) is 5.64. The fraction of sp³-hybridized carbons (Fsp3) is 0.167. The SMILES string of the molecule is C=C1c2ccccc2C2(CCC(=O)N2O)c2ccccc21. The normalized spacial score (nSPS) is 18.8. The van der Waals surface area contributed by atoms with Crippen molar-refractivity contribution in [2.75, 3.05) is 0 Å². The number of hydrogen-bond donors (Lipinski definition) is 1. The number of amides is 1. The summed E-state index contributed by atoms with van der Waals surface area (Å²) in [5.74, 6) is -0.230. The third-order valence-corrected chi connectivity index (χ3v) is 4.69. The summed E-state index contributed by atoms with van der Waals surface area (Å²) >= 11 is 0. The van der Waals surface area contributed by atoms with Crippen LogP contribution in [0.2, 0.25) is 0 Å². The Morgan fingerprint density at radius 1 is 1.00 bits per heavy atom. The molecule has 1 fully saturated rings. The van der Waals surface area contributed by atoms with E-state index in [9.17, 15) is 10.0 Å². The second kappa shape index (κ2) is 4.06. The van der Waals surface area contributed by atoms with Crippen molar-refractivity contribution in [2.24, 2.45) is 0 Å². The minimum absolute atomic E-state index is 0.230. The van der Waals surface area contributed by atoms with E-state index in [1.54, 1.807) is 0 Å². The minimum Gasteiger partial charge on any atom is -0.285 e. The van der Waals surface area contributed by atoms with Gasteiger partial charge in [-0.2, -0.15) is 0 Å². The molecule has 0 saturated carbocycles. The number of nitrogens with zero attached hydrogens (tertiary/aromatic N) is 1. The van der Waals surface area contributed by atoms with Crippen LogP contribution in [0.1, 0.15) is 35.1 Å². The molecule has 1 saturated heterocycles. The summed E-state index contributed by atoms with van der Waals surface area (Å²) in [5.41, 5.74) is 4.10. The highest BCUT2D eigenvalue weighted by Gasteiger charge is 2.52. The topological polar surface area (TPSA) is 40.5 Å². The van der Waals surface area contributed by atoms with Gasteiger partial charge in [-0.15, -0.1) is 0 Å². The number of carbonyl (C=O) groups excluding carboxylic acids is 1. The summed E-state index contributed by atoms with van der Waals surface area (Å²) in [6.07, 6.45) is 0.940. The van der Waals surface area contributed by atoms with Crippen LogP contribution in [0.4, 0.5) is 0 Å². The van der Waals surface area contributed by atoms with Crippen LogP contribution in [-0.4, -0.2) is 16.2 Å². The minimum atomic E-state index is -0.772. The molecule has 1 spiro atoms. The molecule has 104 valence electrons. The lowest BCUT2D eigenvalue weighted by atomic mass is 9.70. The van der Waals surface area contributed by atoms with Crippen molar-refractivity contribution in [3.8, 4) is 0 Å². The van der Waals surface area contributed by atoms with Gasteiger partial charge in [0.05, 0.1) is 0 Å². The molecule has 0 aromatic heterocycles. The molecule has 1 N–H and O–H groups in total.